The van der Waals surface area contributed by atoms with Crippen molar-refractivity contribution in [3.8, 4) is 11.5 Å². The van der Waals surface area contributed by atoms with E-state index in [1.807, 2.05) is 67.3 Å². The normalized spacial score (nSPS) is 23.0. The van der Waals surface area contributed by atoms with E-state index >= 15 is 0 Å². The summed E-state index contributed by atoms with van der Waals surface area (Å²) in [6, 6.07) is 20.1. The second-order valence-electron chi connectivity index (χ2n) is 13.5. The molecule has 1 saturated carbocycles. The second kappa shape index (κ2) is 14.1. The predicted molar refractivity (Wildman–Crippen MR) is 189 cm³/mol. The van der Waals surface area contributed by atoms with Crippen LogP contribution >= 0.6 is 11.6 Å². The number of hydrogen-bond acceptors (Lipinski definition) is 7. The van der Waals surface area contributed by atoms with Gasteiger partial charge in [0.1, 0.15) is 0 Å². The lowest BCUT2D eigenvalue weighted by Gasteiger charge is -2.39. The molecule has 1 saturated heterocycles. The number of ether oxygens (including phenoxy) is 2. The maximum Gasteiger partial charge on any atom is 0.232 e. The van der Waals surface area contributed by atoms with E-state index in [-0.39, 0.29) is 24.5 Å². The molecule has 10 heteroatoms. The van der Waals surface area contributed by atoms with Crippen molar-refractivity contribution in [3.63, 3.8) is 0 Å². The van der Waals surface area contributed by atoms with Gasteiger partial charge in [0.25, 0.3) is 0 Å². The Kier molecular flexibility index (Phi) is 10.1. The van der Waals surface area contributed by atoms with Crippen LogP contribution < -0.4 is 19.3 Å². The third-order valence-corrected chi connectivity index (χ3v) is 11.8. The van der Waals surface area contributed by atoms with Gasteiger partial charge in [-0.3, -0.25) is 9.69 Å². The Hall–Kier alpha value is -3.27. The number of fused-ring (bicyclic) bond motifs is 1. The molecule has 1 atom stereocenters. The fraction of sp³-hybridized carbons (Fsp3) is 0.486. The maximum atomic E-state index is 13.9. The van der Waals surface area contributed by atoms with Gasteiger partial charge in [-0.2, -0.15) is 0 Å². The first-order valence-corrected chi connectivity index (χ1v) is 18.9. The van der Waals surface area contributed by atoms with Crippen LogP contribution in [0.15, 0.2) is 60.7 Å². The van der Waals surface area contributed by atoms with Crippen molar-refractivity contribution in [2.24, 2.45) is 5.92 Å². The fourth-order valence-corrected chi connectivity index (χ4v) is 8.83. The van der Waals surface area contributed by atoms with Crippen LogP contribution in [0.3, 0.4) is 0 Å². The minimum absolute atomic E-state index is 0.0150. The summed E-state index contributed by atoms with van der Waals surface area (Å²) in [6.45, 7) is 6.29. The average molecular weight is 680 g/mol. The Morgan fingerprint density at radius 2 is 1.60 bits per heavy atom. The lowest BCUT2D eigenvalue weighted by molar-refractivity contribution is -0.118. The molecule has 0 radical (unpaired) electrons. The first kappa shape index (κ1) is 33.6. The van der Waals surface area contributed by atoms with Crippen LogP contribution in [0.5, 0.6) is 11.5 Å². The molecule has 2 fully saturated rings. The SMILES string of the molecule is COc1cc2c(cc1OC(C)C)C(c1ccc(Cl)cc1)N(c1ccc(N(C)CC3CCC(N4CCS(=O)(=O)CC4)CC3)cc1)C(=O)C2. The highest BCUT2D eigenvalue weighted by molar-refractivity contribution is 7.91. The summed E-state index contributed by atoms with van der Waals surface area (Å²) < 4.78 is 35.5. The quantitative estimate of drug-likeness (QED) is 0.254. The molecular weight excluding hydrogens is 634 g/mol. The summed E-state index contributed by atoms with van der Waals surface area (Å²) in [7, 11) is 0.911. The third kappa shape index (κ3) is 7.58. The Bertz CT molecular complexity index is 1660. The molecule has 47 heavy (non-hydrogen) atoms. The van der Waals surface area contributed by atoms with Gasteiger partial charge >= 0.3 is 0 Å². The van der Waals surface area contributed by atoms with Crippen LogP contribution in [0.4, 0.5) is 11.4 Å². The lowest BCUT2D eigenvalue weighted by atomic mass is 9.85. The van der Waals surface area contributed by atoms with Gasteiger partial charge in [-0.15, -0.1) is 0 Å². The standard InChI is InChI=1S/C37H46ClN3O5S/c1-25(2)46-35-23-33-28(21-34(35)45-4)22-36(42)41(37(33)27-7-9-29(38)10-8-27)32-15-13-30(14-16-32)39(3)24-26-5-11-31(12-6-26)40-17-19-47(43,44)20-18-40/h7-10,13-16,21,23,25-26,31,37H,5-6,11-12,17-20,22,24H2,1-4H3. The van der Waals surface area contributed by atoms with Gasteiger partial charge in [-0.1, -0.05) is 23.7 Å². The number of carbonyl (C=O) groups is 1. The van der Waals surface area contributed by atoms with Crippen LogP contribution in [0.25, 0.3) is 0 Å². The molecule has 1 amide bonds. The first-order chi connectivity index (χ1) is 22.5. The van der Waals surface area contributed by atoms with Crippen molar-refractivity contribution < 1.29 is 22.7 Å². The number of hydrogen-bond donors (Lipinski definition) is 0. The molecule has 3 aliphatic rings. The number of carbonyl (C=O) groups excluding carboxylic acids is 1. The minimum atomic E-state index is -2.85. The van der Waals surface area contributed by atoms with Crippen LogP contribution in [0.2, 0.25) is 5.02 Å². The molecule has 0 bridgehead atoms. The van der Waals surface area contributed by atoms with E-state index in [2.05, 4.69) is 29.0 Å². The molecule has 1 unspecified atom stereocenters. The zero-order chi connectivity index (χ0) is 33.3. The van der Waals surface area contributed by atoms with E-state index in [1.54, 1.807) is 7.11 Å². The molecule has 3 aromatic carbocycles. The van der Waals surface area contributed by atoms with Crippen LogP contribution in [0, 0.1) is 5.92 Å². The average Bonchev–Trinajstić information content (AvgIpc) is 3.05. The Morgan fingerprint density at radius 3 is 2.21 bits per heavy atom. The molecule has 252 valence electrons. The van der Waals surface area contributed by atoms with Gasteiger partial charge in [0, 0.05) is 49.1 Å². The van der Waals surface area contributed by atoms with Crippen molar-refractivity contribution in [1.29, 1.82) is 0 Å². The third-order valence-electron chi connectivity index (χ3n) is 9.95. The van der Waals surface area contributed by atoms with Gasteiger partial charge in [-0.25, -0.2) is 8.42 Å². The highest BCUT2D eigenvalue weighted by Crippen LogP contribution is 2.44. The summed E-state index contributed by atoms with van der Waals surface area (Å²) in [6.07, 6.45) is 4.76. The molecule has 8 nitrogen and oxygen atoms in total. The van der Waals surface area contributed by atoms with Gasteiger partial charge < -0.3 is 19.3 Å². The smallest absolute Gasteiger partial charge is 0.232 e. The largest absolute Gasteiger partial charge is 0.493 e. The zero-order valence-corrected chi connectivity index (χ0v) is 29.4. The number of methoxy groups -OCH3 is 1. The van der Waals surface area contributed by atoms with Gasteiger partial charge in [0.2, 0.25) is 5.91 Å². The summed E-state index contributed by atoms with van der Waals surface area (Å²) in [5.74, 6) is 2.48. The van der Waals surface area contributed by atoms with E-state index in [0.717, 1.165) is 60.3 Å². The van der Waals surface area contributed by atoms with Crippen LogP contribution in [-0.2, 0) is 21.1 Å². The number of nitrogens with zero attached hydrogens (tertiary/aromatic N) is 3. The van der Waals surface area contributed by atoms with Crippen molar-refractivity contribution in [2.75, 3.05) is 55.1 Å². The van der Waals surface area contributed by atoms with Crippen molar-refractivity contribution in [3.05, 3.63) is 82.4 Å². The van der Waals surface area contributed by atoms with Gasteiger partial charge in [0.15, 0.2) is 21.3 Å². The number of amides is 1. The van der Waals surface area contributed by atoms with Crippen LogP contribution in [-0.4, -0.2) is 76.7 Å². The van der Waals surface area contributed by atoms with E-state index in [9.17, 15) is 13.2 Å². The van der Waals surface area contributed by atoms with E-state index in [4.69, 9.17) is 21.1 Å². The van der Waals surface area contributed by atoms with Crippen LogP contribution in [0.1, 0.15) is 62.3 Å². The van der Waals surface area contributed by atoms with Gasteiger partial charge in [0.05, 0.1) is 37.2 Å². The molecule has 2 aliphatic heterocycles. The Balaban J connectivity index is 1.19. The Morgan fingerprint density at radius 1 is 0.936 bits per heavy atom. The van der Waals surface area contributed by atoms with E-state index < -0.39 is 9.84 Å². The van der Waals surface area contributed by atoms with Crippen molar-refractivity contribution >= 4 is 38.7 Å². The highest BCUT2D eigenvalue weighted by atomic mass is 35.5. The minimum Gasteiger partial charge on any atom is -0.493 e. The summed E-state index contributed by atoms with van der Waals surface area (Å²) >= 11 is 6.28. The molecule has 2 heterocycles. The number of halogens is 1. The summed E-state index contributed by atoms with van der Waals surface area (Å²) in [4.78, 5) is 20.5. The number of benzene rings is 3. The molecule has 3 aromatic rings. The number of anilines is 2. The topological polar surface area (TPSA) is 79.4 Å². The molecule has 1 aliphatic carbocycles. The highest BCUT2D eigenvalue weighted by Gasteiger charge is 2.36. The predicted octanol–water partition coefficient (Wildman–Crippen LogP) is 6.54. The monoisotopic (exact) mass is 679 g/mol. The van der Waals surface area contributed by atoms with Gasteiger partial charge in [-0.05, 0) is 111 Å². The fourth-order valence-electron chi connectivity index (χ4n) is 7.47. The number of sulfone groups is 1. The molecular formula is C37H46ClN3O5S. The first-order valence-electron chi connectivity index (χ1n) is 16.7. The maximum absolute atomic E-state index is 13.9. The van der Waals surface area contributed by atoms with E-state index in [1.165, 1.54) is 0 Å². The summed E-state index contributed by atoms with van der Waals surface area (Å²) in [5, 5.41) is 0.643. The lowest BCUT2D eigenvalue weighted by Crippen LogP contribution is -2.47. The zero-order valence-electron chi connectivity index (χ0n) is 27.8. The Labute approximate surface area is 284 Å². The van der Waals surface area contributed by atoms with Crippen molar-refractivity contribution in [2.45, 2.75) is 64.1 Å². The number of rotatable bonds is 9. The molecule has 0 spiro atoms. The molecule has 0 N–H and O–H groups in total. The summed E-state index contributed by atoms with van der Waals surface area (Å²) in [5.41, 5.74) is 4.85. The van der Waals surface area contributed by atoms with E-state index in [0.29, 0.717) is 53.1 Å². The second-order valence-corrected chi connectivity index (χ2v) is 16.3. The molecule has 0 aromatic heterocycles. The van der Waals surface area contributed by atoms with Crippen molar-refractivity contribution in [1.82, 2.24) is 4.90 Å². The molecule has 6 rings (SSSR count).